The molecule has 0 aliphatic rings. The average molecular weight is 439 g/mol. The van der Waals surface area contributed by atoms with Crippen LogP contribution in [0, 0.1) is 6.92 Å². The number of benzene rings is 2. The minimum Gasteiger partial charge on any atom is -0.510 e. The Balaban J connectivity index is 1.81. The van der Waals surface area contributed by atoms with Crippen LogP contribution in [-0.4, -0.2) is 31.6 Å². The number of hydrogen-bond acceptors (Lipinski definition) is 7. The van der Waals surface area contributed by atoms with Gasteiger partial charge in [-0.25, -0.2) is 4.79 Å². The van der Waals surface area contributed by atoms with Gasteiger partial charge in [0.15, 0.2) is 17.3 Å². The van der Waals surface area contributed by atoms with E-state index in [9.17, 15) is 14.7 Å². The van der Waals surface area contributed by atoms with Crippen molar-refractivity contribution >= 4 is 29.3 Å². The Morgan fingerprint density at radius 1 is 1.16 bits per heavy atom. The SMILES string of the molecule is CC(=O)/C(N=Nc1ccc(/C=N/n2c(C)nn(-c3cccc(Cl)c3)c2=O)cc1)=C(\C)O. The lowest BCUT2D eigenvalue weighted by Crippen LogP contribution is -2.21. The maximum atomic E-state index is 12.7. The molecule has 0 saturated heterocycles. The van der Waals surface area contributed by atoms with Gasteiger partial charge in [0.05, 0.1) is 17.6 Å². The highest BCUT2D eigenvalue weighted by Gasteiger charge is 2.11. The third kappa shape index (κ3) is 5.20. The summed E-state index contributed by atoms with van der Waals surface area (Å²) >= 11 is 5.99. The van der Waals surface area contributed by atoms with Crippen LogP contribution >= 0.6 is 11.6 Å². The first-order valence-corrected chi connectivity index (χ1v) is 9.55. The van der Waals surface area contributed by atoms with Gasteiger partial charge in [-0.3, -0.25) is 4.79 Å². The largest absolute Gasteiger partial charge is 0.510 e. The van der Waals surface area contributed by atoms with Crippen LogP contribution in [-0.2, 0) is 4.79 Å². The fourth-order valence-electron chi connectivity index (χ4n) is 2.62. The summed E-state index contributed by atoms with van der Waals surface area (Å²) in [5.74, 6) is -0.166. The highest BCUT2D eigenvalue weighted by molar-refractivity contribution is 6.30. The van der Waals surface area contributed by atoms with Gasteiger partial charge in [0, 0.05) is 11.9 Å². The van der Waals surface area contributed by atoms with E-state index in [1.807, 2.05) is 0 Å². The van der Waals surface area contributed by atoms with Gasteiger partial charge in [0.25, 0.3) is 0 Å². The van der Waals surface area contributed by atoms with Crippen LogP contribution in [0.3, 0.4) is 0 Å². The van der Waals surface area contributed by atoms with Crippen molar-refractivity contribution < 1.29 is 9.90 Å². The number of rotatable bonds is 6. The van der Waals surface area contributed by atoms with E-state index in [0.717, 1.165) is 0 Å². The highest BCUT2D eigenvalue weighted by atomic mass is 35.5. The number of allylic oxidation sites excluding steroid dienone is 2. The quantitative estimate of drug-likeness (QED) is 0.267. The van der Waals surface area contributed by atoms with E-state index in [4.69, 9.17) is 11.6 Å². The van der Waals surface area contributed by atoms with E-state index in [1.165, 1.54) is 29.4 Å². The second-order valence-electron chi connectivity index (χ2n) is 6.56. The number of azo groups is 1. The highest BCUT2D eigenvalue weighted by Crippen LogP contribution is 2.16. The van der Waals surface area contributed by atoms with E-state index in [-0.39, 0.29) is 17.2 Å². The molecule has 1 N–H and O–H groups in total. The molecular formula is C21H19ClN6O3. The van der Waals surface area contributed by atoms with Crippen molar-refractivity contribution in [2.75, 3.05) is 0 Å². The third-order valence-corrected chi connectivity index (χ3v) is 4.36. The van der Waals surface area contributed by atoms with Gasteiger partial charge in [0.1, 0.15) is 5.76 Å². The van der Waals surface area contributed by atoms with E-state index in [1.54, 1.807) is 55.5 Å². The Hall–Kier alpha value is -3.85. The molecule has 0 bridgehead atoms. The summed E-state index contributed by atoms with van der Waals surface area (Å²) in [4.78, 5) is 24.1. The summed E-state index contributed by atoms with van der Waals surface area (Å²) in [6.07, 6.45) is 1.51. The molecule has 3 aromatic rings. The lowest BCUT2D eigenvalue weighted by Gasteiger charge is -1.99. The Labute approximate surface area is 182 Å². The number of ketones is 1. The summed E-state index contributed by atoms with van der Waals surface area (Å²) in [6.45, 7) is 4.34. The molecule has 0 fully saturated rings. The van der Waals surface area contributed by atoms with Gasteiger partial charge >= 0.3 is 5.69 Å². The van der Waals surface area contributed by atoms with Gasteiger partial charge in [-0.05, 0) is 49.7 Å². The van der Waals surface area contributed by atoms with Crippen molar-refractivity contribution in [2.24, 2.45) is 15.3 Å². The second-order valence-corrected chi connectivity index (χ2v) is 7.00. The van der Waals surface area contributed by atoms with Crippen LogP contribution < -0.4 is 5.69 Å². The molecular weight excluding hydrogens is 420 g/mol. The van der Waals surface area contributed by atoms with Crippen molar-refractivity contribution in [1.82, 2.24) is 14.5 Å². The summed E-state index contributed by atoms with van der Waals surface area (Å²) in [5, 5.41) is 26.1. The van der Waals surface area contributed by atoms with Crippen molar-refractivity contribution in [3.8, 4) is 5.69 Å². The molecule has 0 atom stereocenters. The molecule has 0 aliphatic heterocycles. The molecule has 0 amide bonds. The molecule has 31 heavy (non-hydrogen) atoms. The molecule has 9 nitrogen and oxygen atoms in total. The molecule has 0 aliphatic carbocycles. The van der Waals surface area contributed by atoms with Gasteiger partial charge in [-0.2, -0.15) is 19.6 Å². The first kappa shape index (κ1) is 21.8. The third-order valence-electron chi connectivity index (χ3n) is 4.12. The zero-order valence-electron chi connectivity index (χ0n) is 17.0. The first-order valence-electron chi connectivity index (χ1n) is 9.18. The number of aliphatic hydroxyl groups is 1. The Morgan fingerprint density at radius 2 is 1.87 bits per heavy atom. The van der Waals surface area contributed by atoms with Crippen LogP contribution in [0.2, 0.25) is 5.02 Å². The Morgan fingerprint density at radius 3 is 2.48 bits per heavy atom. The molecule has 10 heteroatoms. The summed E-state index contributed by atoms with van der Waals surface area (Å²) in [6, 6.07) is 13.6. The zero-order chi connectivity index (χ0) is 22.5. The smallest absolute Gasteiger partial charge is 0.371 e. The number of carbonyl (C=O) groups is 1. The fourth-order valence-corrected chi connectivity index (χ4v) is 2.81. The topological polar surface area (TPSA) is 114 Å². The predicted octanol–water partition coefficient (Wildman–Crippen LogP) is 4.34. The molecule has 158 valence electrons. The van der Waals surface area contributed by atoms with Crippen molar-refractivity contribution in [3.63, 3.8) is 0 Å². The number of carbonyl (C=O) groups excluding carboxylic acids is 1. The van der Waals surface area contributed by atoms with E-state index in [2.05, 4.69) is 20.4 Å². The zero-order valence-corrected chi connectivity index (χ0v) is 17.8. The van der Waals surface area contributed by atoms with Crippen molar-refractivity contribution in [2.45, 2.75) is 20.8 Å². The fraction of sp³-hybridized carbons (Fsp3) is 0.143. The lowest BCUT2D eigenvalue weighted by molar-refractivity contribution is -0.113. The molecule has 0 spiro atoms. The number of aromatic nitrogens is 3. The normalized spacial score (nSPS) is 12.5. The minimum atomic E-state index is -0.427. The maximum Gasteiger partial charge on any atom is 0.371 e. The van der Waals surface area contributed by atoms with Gasteiger partial charge in [0.2, 0.25) is 0 Å². The summed E-state index contributed by atoms with van der Waals surface area (Å²) < 4.78 is 2.41. The number of aliphatic hydroxyl groups excluding tert-OH is 1. The van der Waals surface area contributed by atoms with Crippen molar-refractivity contribution in [1.29, 1.82) is 0 Å². The second kappa shape index (κ2) is 9.31. The molecule has 1 heterocycles. The molecule has 0 saturated carbocycles. The van der Waals surface area contributed by atoms with Gasteiger partial charge in [-0.1, -0.05) is 29.8 Å². The molecule has 0 radical (unpaired) electrons. The average Bonchev–Trinajstić information content (AvgIpc) is 3.00. The number of Topliss-reactive ketones (excluding diaryl/α,β-unsaturated/α-hetero) is 1. The van der Waals surface area contributed by atoms with Gasteiger partial charge in [-0.15, -0.1) is 10.2 Å². The lowest BCUT2D eigenvalue weighted by atomic mass is 10.2. The van der Waals surface area contributed by atoms with Crippen LogP contribution in [0.4, 0.5) is 5.69 Å². The van der Waals surface area contributed by atoms with Crippen LogP contribution in [0.15, 0.2) is 80.1 Å². The van der Waals surface area contributed by atoms with Crippen LogP contribution in [0.1, 0.15) is 25.2 Å². The molecule has 0 unspecified atom stereocenters. The number of aryl methyl sites for hydroxylation is 1. The number of hydrogen-bond donors (Lipinski definition) is 1. The van der Waals surface area contributed by atoms with E-state index >= 15 is 0 Å². The number of halogens is 1. The first-order chi connectivity index (χ1) is 14.8. The Bertz CT molecular complexity index is 1270. The predicted molar refractivity (Wildman–Crippen MR) is 118 cm³/mol. The Kier molecular flexibility index (Phi) is 6.56. The van der Waals surface area contributed by atoms with Crippen LogP contribution in [0.25, 0.3) is 5.69 Å². The van der Waals surface area contributed by atoms with E-state index < -0.39 is 5.69 Å². The minimum absolute atomic E-state index is 0.0998. The molecule has 3 rings (SSSR count). The van der Waals surface area contributed by atoms with E-state index in [0.29, 0.717) is 27.8 Å². The van der Waals surface area contributed by atoms with Crippen molar-refractivity contribution in [3.05, 3.63) is 86.9 Å². The monoisotopic (exact) mass is 438 g/mol. The summed E-state index contributed by atoms with van der Waals surface area (Å²) in [5.41, 5.74) is 1.21. The maximum absolute atomic E-state index is 12.7. The number of nitrogens with zero attached hydrogens (tertiary/aromatic N) is 6. The molecule has 1 aromatic heterocycles. The summed E-state index contributed by atoms with van der Waals surface area (Å²) in [7, 11) is 0. The van der Waals surface area contributed by atoms with Crippen LogP contribution in [0.5, 0.6) is 0 Å². The van der Waals surface area contributed by atoms with Gasteiger partial charge < -0.3 is 5.11 Å². The molecule has 2 aromatic carbocycles. The standard InChI is InChI=1S/C21H19ClN6O3/c1-13(29)20(14(2)30)25-24-18-9-7-16(8-10-18)12-23-27-15(3)26-28(21(27)31)19-6-4-5-17(22)11-19/h4-12,29H,1-3H3/b20-13-,23-12+,25-24?.